The molecule has 2 saturated heterocycles. The van der Waals surface area contributed by atoms with E-state index in [9.17, 15) is 13.5 Å². The number of sulfonamides is 1. The third-order valence-electron chi connectivity index (χ3n) is 6.64. The third-order valence-corrected chi connectivity index (χ3v) is 8.90. The fraction of sp³-hybridized carbons (Fsp3) is 0.500. The predicted molar refractivity (Wildman–Crippen MR) is 121 cm³/mol. The molecule has 0 bridgehead atoms. The first-order valence-corrected chi connectivity index (χ1v) is 12.7. The molecule has 2 aliphatic rings. The summed E-state index contributed by atoms with van der Waals surface area (Å²) in [6.07, 6.45) is 2.69. The quantitative estimate of drug-likeness (QED) is 0.661. The molecule has 2 N–H and O–H groups in total. The van der Waals surface area contributed by atoms with E-state index in [2.05, 4.69) is 5.32 Å². The summed E-state index contributed by atoms with van der Waals surface area (Å²) < 4.78 is 48.6. The van der Waals surface area contributed by atoms with Crippen molar-refractivity contribution in [1.82, 2.24) is 9.62 Å². The molecule has 0 saturated carbocycles. The van der Waals surface area contributed by atoms with Crippen LogP contribution in [0.5, 0.6) is 0 Å². The first-order valence-electron chi connectivity index (χ1n) is 11.2. The Morgan fingerprint density at radius 2 is 1.91 bits per heavy atom. The van der Waals surface area contributed by atoms with Crippen molar-refractivity contribution in [2.45, 2.75) is 43.0 Å². The molecule has 0 radical (unpaired) electrons. The van der Waals surface area contributed by atoms with E-state index in [1.807, 2.05) is 36.4 Å². The van der Waals surface area contributed by atoms with Crippen molar-refractivity contribution < 1.29 is 22.7 Å². The second kappa shape index (κ2) is 9.97. The summed E-state index contributed by atoms with van der Waals surface area (Å²) in [6, 6.07) is 14.3. The summed E-state index contributed by atoms with van der Waals surface area (Å²) in [7, 11) is -3.58. The molecule has 2 heterocycles. The highest BCUT2D eigenvalue weighted by molar-refractivity contribution is 7.89. The van der Waals surface area contributed by atoms with E-state index >= 15 is 4.39 Å². The smallest absolute Gasteiger partial charge is 0.221 e. The van der Waals surface area contributed by atoms with Gasteiger partial charge in [-0.15, -0.1) is 0 Å². The molecular weight excluding hydrogens is 431 g/mol. The molecule has 2 aromatic rings. The Morgan fingerprint density at radius 1 is 1.16 bits per heavy atom. The van der Waals surface area contributed by atoms with E-state index in [0.29, 0.717) is 51.1 Å². The standard InChI is InChI=1S/C24H31FN2O4S/c25-22-17-21(24(26-12-14-28)10-15-31-16-11-24)9-8-20(22)18-27-13-4-7-23(32(27,29)30)19-5-2-1-3-6-19/h1-3,5-6,8-9,17,23,26,28H,4,7,10-16,18H2/t23-/m1/s1. The van der Waals surface area contributed by atoms with Gasteiger partial charge in [0.25, 0.3) is 0 Å². The maximum absolute atomic E-state index is 15.2. The number of nitrogens with zero attached hydrogens (tertiary/aromatic N) is 1. The van der Waals surface area contributed by atoms with Crippen LogP contribution in [-0.4, -0.2) is 50.7 Å². The van der Waals surface area contributed by atoms with Crippen LogP contribution in [0, 0.1) is 5.82 Å². The molecule has 1 atom stereocenters. The second-order valence-electron chi connectivity index (χ2n) is 8.57. The van der Waals surface area contributed by atoms with E-state index in [0.717, 1.165) is 17.5 Å². The molecule has 32 heavy (non-hydrogen) atoms. The van der Waals surface area contributed by atoms with Crippen molar-refractivity contribution >= 4 is 10.0 Å². The van der Waals surface area contributed by atoms with Crippen LogP contribution < -0.4 is 5.32 Å². The van der Waals surface area contributed by atoms with Gasteiger partial charge in [-0.05, 0) is 42.9 Å². The van der Waals surface area contributed by atoms with Gasteiger partial charge in [-0.3, -0.25) is 0 Å². The minimum Gasteiger partial charge on any atom is -0.395 e. The largest absolute Gasteiger partial charge is 0.395 e. The van der Waals surface area contributed by atoms with Crippen LogP contribution in [0.2, 0.25) is 0 Å². The van der Waals surface area contributed by atoms with Crippen LogP contribution in [0.4, 0.5) is 4.39 Å². The van der Waals surface area contributed by atoms with Crippen molar-refractivity contribution in [3.05, 3.63) is 71.0 Å². The SMILES string of the molecule is O=S1(=O)[C@@H](c2ccccc2)CCCN1Cc1ccc(C2(NCCO)CCOCC2)cc1F. The molecule has 2 aliphatic heterocycles. The summed E-state index contributed by atoms with van der Waals surface area (Å²) in [5, 5.41) is 12.0. The molecule has 0 unspecified atom stereocenters. The summed E-state index contributed by atoms with van der Waals surface area (Å²) in [5.41, 5.74) is 1.51. The number of rotatable bonds is 7. The molecule has 2 fully saturated rings. The monoisotopic (exact) mass is 462 g/mol. The van der Waals surface area contributed by atoms with Gasteiger partial charge in [0.05, 0.1) is 6.61 Å². The summed E-state index contributed by atoms with van der Waals surface area (Å²) in [4.78, 5) is 0. The molecule has 0 aromatic heterocycles. The van der Waals surface area contributed by atoms with Crippen LogP contribution in [0.15, 0.2) is 48.5 Å². The van der Waals surface area contributed by atoms with Crippen LogP contribution in [0.3, 0.4) is 0 Å². The Morgan fingerprint density at radius 3 is 2.59 bits per heavy atom. The van der Waals surface area contributed by atoms with Crippen molar-refractivity contribution in [2.24, 2.45) is 0 Å². The van der Waals surface area contributed by atoms with E-state index in [1.54, 1.807) is 6.07 Å². The van der Waals surface area contributed by atoms with Gasteiger partial charge in [0.1, 0.15) is 11.1 Å². The topological polar surface area (TPSA) is 78.9 Å². The summed E-state index contributed by atoms with van der Waals surface area (Å²) in [5.74, 6) is -0.406. The lowest BCUT2D eigenvalue weighted by atomic mass is 9.82. The number of ether oxygens (including phenoxy) is 1. The first kappa shape index (κ1) is 23.3. The van der Waals surface area contributed by atoms with E-state index in [1.165, 1.54) is 10.4 Å². The lowest BCUT2D eigenvalue weighted by Gasteiger charge is -2.39. The molecule has 0 spiro atoms. The zero-order valence-corrected chi connectivity index (χ0v) is 19.0. The molecule has 6 nitrogen and oxygen atoms in total. The molecule has 4 rings (SSSR count). The number of hydrogen-bond donors (Lipinski definition) is 2. The van der Waals surface area contributed by atoms with E-state index in [4.69, 9.17) is 4.74 Å². The number of aliphatic hydroxyl groups is 1. The Kier molecular flexibility index (Phi) is 7.27. The molecule has 8 heteroatoms. The fourth-order valence-corrected chi connectivity index (χ4v) is 6.86. The van der Waals surface area contributed by atoms with Crippen molar-refractivity contribution in [3.8, 4) is 0 Å². The average molecular weight is 463 g/mol. The number of benzene rings is 2. The Hall–Kier alpha value is -1.84. The number of halogens is 1. The summed E-state index contributed by atoms with van der Waals surface area (Å²) in [6.45, 7) is 1.96. The molecule has 0 aliphatic carbocycles. The van der Waals surface area contributed by atoms with Gasteiger partial charge in [-0.2, -0.15) is 4.31 Å². The van der Waals surface area contributed by atoms with Gasteiger partial charge in [-0.25, -0.2) is 12.8 Å². The number of hydrogen-bond acceptors (Lipinski definition) is 5. The van der Waals surface area contributed by atoms with Gasteiger partial charge in [0, 0.05) is 44.0 Å². The molecular formula is C24H31FN2O4S. The minimum atomic E-state index is -3.58. The van der Waals surface area contributed by atoms with Crippen LogP contribution in [-0.2, 0) is 26.8 Å². The lowest BCUT2D eigenvalue weighted by molar-refractivity contribution is 0.0347. The third kappa shape index (κ3) is 4.75. The first-order chi connectivity index (χ1) is 15.5. The zero-order valence-electron chi connectivity index (χ0n) is 18.2. The van der Waals surface area contributed by atoms with Crippen LogP contribution in [0.1, 0.15) is 47.6 Å². The molecule has 2 aromatic carbocycles. The molecule has 0 amide bonds. The predicted octanol–water partition coefficient (Wildman–Crippen LogP) is 3.08. The number of nitrogens with one attached hydrogen (secondary N) is 1. The van der Waals surface area contributed by atoms with Gasteiger partial charge < -0.3 is 15.2 Å². The lowest BCUT2D eigenvalue weighted by Crippen LogP contribution is -2.47. The highest BCUT2D eigenvalue weighted by atomic mass is 32.2. The van der Waals surface area contributed by atoms with Gasteiger partial charge >= 0.3 is 0 Å². The zero-order chi connectivity index (χ0) is 22.6. The Labute approximate surface area is 189 Å². The average Bonchev–Trinajstić information content (AvgIpc) is 2.81. The molecule has 174 valence electrons. The number of aliphatic hydroxyl groups excluding tert-OH is 1. The fourth-order valence-electron chi connectivity index (χ4n) is 4.83. The van der Waals surface area contributed by atoms with Gasteiger partial charge in [-0.1, -0.05) is 42.5 Å². The Balaban J connectivity index is 1.56. The van der Waals surface area contributed by atoms with Gasteiger partial charge in [0.2, 0.25) is 10.0 Å². The summed E-state index contributed by atoms with van der Waals surface area (Å²) >= 11 is 0. The van der Waals surface area contributed by atoms with Crippen LogP contribution >= 0.6 is 0 Å². The second-order valence-corrected chi connectivity index (χ2v) is 10.7. The Bertz CT molecular complexity index is 1010. The van der Waals surface area contributed by atoms with Gasteiger partial charge in [0.15, 0.2) is 0 Å². The van der Waals surface area contributed by atoms with Crippen molar-refractivity contribution in [1.29, 1.82) is 0 Å². The highest BCUT2D eigenvalue weighted by Crippen LogP contribution is 2.36. The minimum absolute atomic E-state index is 0.00142. The van der Waals surface area contributed by atoms with E-state index in [-0.39, 0.29) is 13.2 Å². The maximum Gasteiger partial charge on any atom is 0.221 e. The normalized spacial score (nSPS) is 23.1. The van der Waals surface area contributed by atoms with Crippen molar-refractivity contribution in [3.63, 3.8) is 0 Å². The maximum atomic E-state index is 15.2. The highest BCUT2D eigenvalue weighted by Gasteiger charge is 2.38. The van der Waals surface area contributed by atoms with E-state index < -0.39 is 26.6 Å². The van der Waals surface area contributed by atoms with Crippen molar-refractivity contribution in [2.75, 3.05) is 32.9 Å². The van der Waals surface area contributed by atoms with Crippen LogP contribution in [0.25, 0.3) is 0 Å².